The lowest BCUT2D eigenvalue weighted by molar-refractivity contribution is -0.139. The lowest BCUT2D eigenvalue weighted by Crippen LogP contribution is -2.45. The van der Waals surface area contributed by atoms with Crippen LogP contribution in [0.1, 0.15) is 22.5 Å². The Balaban J connectivity index is 1.43. The van der Waals surface area contributed by atoms with Crippen molar-refractivity contribution < 1.29 is 24.5 Å². The highest BCUT2D eigenvalue weighted by Gasteiger charge is 2.38. The molecule has 0 spiro atoms. The van der Waals surface area contributed by atoms with Gasteiger partial charge < -0.3 is 24.7 Å². The molecule has 3 heterocycles. The van der Waals surface area contributed by atoms with Crippen molar-refractivity contribution in [3.05, 3.63) is 59.9 Å². The van der Waals surface area contributed by atoms with E-state index in [1.165, 1.54) is 4.90 Å². The molecule has 4 rings (SSSR count). The van der Waals surface area contributed by atoms with E-state index in [-0.39, 0.29) is 12.5 Å². The molecule has 1 fully saturated rings. The maximum Gasteiger partial charge on any atom is 0.341 e. The van der Waals surface area contributed by atoms with E-state index in [1.54, 1.807) is 37.5 Å². The number of aliphatic carboxylic acids is 1. The van der Waals surface area contributed by atoms with Gasteiger partial charge in [0.25, 0.3) is 5.91 Å². The summed E-state index contributed by atoms with van der Waals surface area (Å²) in [6.45, 7) is 2.68. The van der Waals surface area contributed by atoms with Crippen LogP contribution in [0.4, 0.5) is 5.69 Å². The molecule has 2 aromatic heterocycles. The summed E-state index contributed by atoms with van der Waals surface area (Å²) in [6.07, 6.45) is 2.26. The maximum atomic E-state index is 12.9. The second-order valence-corrected chi connectivity index (χ2v) is 8.41. The van der Waals surface area contributed by atoms with E-state index >= 15 is 0 Å². The number of ether oxygens (including phenoxy) is 1. The van der Waals surface area contributed by atoms with E-state index in [2.05, 4.69) is 14.9 Å². The second kappa shape index (κ2) is 9.03. The molecule has 1 amide bonds. The number of nitrogens with zero attached hydrogens (tertiary/aromatic N) is 4. The highest BCUT2D eigenvalue weighted by atomic mass is 16.5. The summed E-state index contributed by atoms with van der Waals surface area (Å²) in [5, 5.41) is 19.9. The third kappa shape index (κ3) is 5.04. The van der Waals surface area contributed by atoms with Gasteiger partial charge in [-0.3, -0.25) is 9.78 Å². The van der Waals surface area contributed by atoms with Gasteiger partial charge in [0.1, 0.15) is 16.9 Å². The number of carbonyl (C=O) groups excluding carboxylic acids is 1. The van der Waals surface area contributed by atoms with E-state index in [0.717, 1.165) is 22.4 Å². The molecule has 9 nitrogen and oxygen atoms in total. The SMILES string of the molecule is Cc1ccc2nccc(N3CCC(O)(CN(C)C(=O)c4ccc(OCC(=O)O)cc4)C3)c2n1. The molecule has 0 radical (unpaired) electrons. The molecule has 0 bridgehead atoms. The third-order valence-corrected chi connectivity index (χ3v) is 5.72. The Labute approximate surface area is 191 Å². The summed E-state index contributed by atoms with van der Waals surface area (Å²) >= 11 is 0. The van der Waals surface area contributed by atoms with Gasteiger partial charge in [-0.2, -0.15) is 0 Å². The van der Waals surface area contributed by atoms with Crippen molar-refractivity contribution in [1.29, 1.82) is 0 Å². The maximum absolute atomic E-state index is 12.9. The molecule has 2 N–H and O–H groups in total. The van der Waals surface area contributed by atoms with Gasteiger partial charge in [-0.25, -0.2) is 9.78 Å². The van der Waals surface area contributed by atoms with Gasteiger partial charge >= 0.3 is 5.97 Å². The largest absolute Gasteiger partial charge is 0.482 e. The number of pyridine rings is 2. The number of likely N-dealkylation sites (N-methyl/N-ethyl adjacent to an activating group) is 1. The van der Waals surface area contributed by atoms with Crippen molar-refractivity contribution in [1.82, 2.24) is 14.9 Å². The first-order valence-corrected chi connectivity index (χ1v) is 10.6. The lowest BCUT2D eigenvalue weighted by atomic mass is 10.0. The van der Waals surface area contributed by atoms with Crippen molar-refractivity contribution in [2.75, 3.05) is 38.2 Å². The van der Waals surface area contributed by atoms with E-state index in [9.17, 15) is 14.7 Å². The van der Waals surface area contributed by atoms with Crippen LogP contribution in [-0.2, 0) is 4.79 Å². The van der Waals surface area contributed by atoms with Gasteiger partial charge in [-0.05, 0) is 55.8 Å². The third-order valence-electron chi connectivity index (χ3n) is 5.72. The molecule has 9 heteroatoms. The Hall–Kier alpha value is -3.72. The summed E-state index contributed by atoms with van der Waals surface area (Å²) in [7, 11) is 1.66. The van der Waals surface area contributed by atoms with Gasteiger partial charge in [0, 0.05) is 37.6 Å². The number of aromatic nitrogens is 2. The molecule has 1 aliphatic rings. The number of carboxylic acids is 1. The highest BCUT2D eigenvalue weighted by molar-refractivity contribution is 5.94. The van der Waals surface area contributed by atoms with Gasteiger partial charge in [-0.15, -0.1) is 0 Å². The number of hydrogen-bond donors (Lipinski definition) is 2. The van der Waals surface area contributed by atoms with Crippen molar-refractivity contribution >= 4 is 28.6 Å². The van der Waals surface area contributed by atoms with Crippen LogP contribution in [0.5, 0.6) is 5.75 Å². The molecule has 0 saturated carbocycles. The zero-order chi connectivity index (χ0) is 23.6. The average molecular weight is 450 g/mol. The van der Waals surface area contributed by atoms with Crippen molar-refractivity contribution in [2.45, 2.75) is 18.9 Å². The Morgan fingerprint density at radius 1 is 1.18 bits per heavy atom. The quantitative estimate of drug-likeness (QED) is 0.562. The number of fused-ring (bicyclic) bond motifs is 1. The predicted octanol–water partition coefficient (Wildman–Crippen LogP) is 2.12. The van der Waals surface area contributed by atoms with Crippen LogP contribution >= 0.6 is 0 Å². The Bertz CT molecular complexity index is 1180. The van der Waals surface area contributed by atoms with E-state index in [0.29, 0.717) is 30.8 Å². The van der Waals surface area contributed by atoms with Gasteiger partial charge in [0.15, 0.2) is 6.61 Å². The highest BCUT2D eigenvalue weighted by Crippen LogP contribution is 2.31. The summed E-state index contributed by atoms with van der Waals surface area (Å²) < 4.78 is 5.10. The number of carboxylic acid groups (broad SMARTS) is 1. The van der Waals surface area contributed by atoms with E-state index < -0.39 is 18.2 Å². The normalized spacial score (nSPS) is 17.8. The number of rotatable bonds is 7. The smallest absolute Gasteiger partial charge is 0.341 e. The number of aliphatic hydroxyl groups is 1. The van der Waals surface area contributed by atoms with Crippen molar-refractivity contribution in [3.63, 3.8) is 0 Å². The van der Waals surface area contributed by atoms with Crippen molar-refractivity contribution in [2.24, 2.45) is 0 Å². The average Bonchev–Trinajstić information content (AvgIpc) is 3.18. The summed E-state index contributed by atoms with van der Waals surface area (Å²) in [5.41, 5.74) is 2.79. The number of carbonyl (C=O) groups is 2. The standard InChI is InChI=1S/C24H26N4O5/c1-16-3-8-19-22(26-16)20(9-11-25-19)28-12-10-24(32,15-28)14-27(2)23(31)17-4-6-18(7-5-17)33-13-21(29)30/h3-9,11,32H,10,12-15H2,1-2H3,(H,29,30). The van der Waals surface area contributed by atoms with E-state index in [4.69, 9.17) is 9.84 Å². The molecule has 1 aliphatic heterocycles. The monoisotopic (exact) mass is 450 g/mol. The topological polar surface area (TPSA) is 116 Å². The molecule has 172 valence electrons. The Morgan fingerprint density at radius 3 is 2.67 bits per heavy atom. The number of aryl methyl sites for hydroxylation is 1. The number of benzene rings is 1. The molecule has 3 aromatic rings. The van der Waals surface area contributed by atoms with Crippen molar-refractivity contribution in [3.8, 4) is 5.75 Å². The molecular formula is C24H26N4O5. The lowest BCUT2D eigenvalue weighted by Gasteiger charge is -2.29. The van der Waals surface area contributed by atoms with Crippen LogP contribution in [-0.4, -0.2) is 75.8 Å². The van der Waals surface area contributed by atoms with Crippen LogP contribution in [0, 0.1) is 6.92 Å². The fourth-order valence-corrected chi connectivity index (χ4v) is 4.13. The Morgan fingerprint density at radius 2 is 1.94 bits per heavy atom. The molecule has 1 atom stereocenters. The van der Waals surface area contributed by atoms with Gasteiger partial charge in [0.2, 0.25) is 0 Å². The van der Waals surface area contributed by atoms with Crippen LogP contribution < -0.4 is 9.64 Å². The van der Waals surface area contributed by atoms with Crippen LogP contribution in [0.15, 0.2) is 48.7 Å². The first kappa shape index (κ1) is 22.5. The van der Waals surface area contributed by atoms with Gasteiger partial charge in [-0.1, -0.05) is 0 Å². The van der Waals surface area contributed by atoms with Gasteiger partial charge in [0.05, 0.1) is 17.7 Å². The molecule has 1 aromatic carbocycles. The number of amides is 1. The zero-order valence-corrected chi connectivity index (χ0v) is 18.6. The zero-order valence-electron chi connectivity index (χ0n) is 18.6. The van der Waals surface area contributed by atoms with Crippen LogP contribution in [0.3, 0.4) is 0 Å². The first-order valence-electron chi connectivity index (χ1n) is 10.6. The molecule has 1 saturated heterocycles. The minimum Gasteiger partial charge on any atom is -0.482 e. The number of hydrogen-bond acceptors (Lipinski definition) is 7. The number of anilines is 1. The second-order valence-electron chi connectivity index (χ2n) is 8.41. The number of β-amino-alcohol motifs (C(OH)–C–C–N with tert-alkyl or cyclic N) is 1. The molecular weight excluding hydrogens is 424 g/mol. The van der Waals surface area contributed by atoms with E-state index in [1.807, 2.05) is 25.1 Å². The van der Waals surface area contributed by atoms with Crippen LogP contribution in [0.25, 0.3) is 11.0 Å². The summed E-state index contributed by atoms with van der Waals surface area (Å²) in [4.78, 5) is 36.1. The molecule has 33 heavy (non-hydrogen) atoms. The predicted molar refractivity (Wildman–Crippen MR) is 123 cm³/mol. The fourth-order valence-electron chi connectivity index (χ4n) is 4.13. The summed E-state index contributed by atoms with van der Waals surface area (Å²) in [5.74, 6) is -0.937. The minimum atomic E-state index is -1.07. The molecule has 0 aliphatic carbocycles. The molecule has 1 unspecified atom stereocenters. The minimum absolute atomic E-state index is 0.176. The summed E-state index contributed by atoms with van der Waals surface area (Å²) in [6, 6.07) is 12.0. The fraction of sp³-hybridized carbons (Fsp3) is 0.333. The van der Waals surface area contributed by atoms with Crippen LogP contribution in [0.2, 0.25) is 0 Å². The Kier molecular flexibility index (Phi) is 6.15. The first-order chi connectivity index (χ1) is 15.7.